The summed E-state index contributed by atoms with van der Waals surface area (Å²) in [5, 5.41) is 6.97. The van der Waals surface area contributed by atoms with Crippen molar-refractivity contribution in [1.29, 1.82) is 0 Å². The number of hydrogen-bond acceptors (Lipinski definition) is 9. The van der Waals surface area contributed by atoms with Gasteiger partial charge in [0.1, 0.15) is 5.65 Å². The van der Waals surface area contributed by atoms with Gasteiger partial charge in [-0.2, -0.15) is 4.98 Å². The van der Waals surface area contributed by atoms with Gasteiger partial charge >= 0.3 is 0 Å². The van der Waals surface area contributed by atoms with Crippen LogP contribution in [0.2, 0.25) is 0 Å². The molecule has 0 spiro atoms. The lowest BCUT2D eigenvalue weighted by molar-refractivity contribution is 0.577. The van der Waals surface area contributed by atoms with Gasteiger partial charge in [0.2, 0.25) is 5.95 Å². The van der Waals surface area contributed by atoms with Crippen molar-refractivity contribution in [3.63, 3.8) is 0 Å². The third kappa shape index (κ3) is 6.13. The zero-order valence-corrected chi connectivity index (χ0v) is 27.6. The fourth-order valence-corrected chi connectivity index (χ4v) is 8.92. The van der Waals surface area contributed by atoms with E-state index in [1.165, 1.54) is 11.9 Å². The van der Waals surface area contributed by atoms with E-state index < -0.39 is 15.1 Å². The summed E-state index contributed by atoms with van der Waals surface area (Å²) in [6, 6.07) is 17.5. The fraction of sp³-hybridized carbons (Fsp3) is 0.333. The first kappa shape index (κ1) is 31.0. The van der Waals surface area contributed by atoms with Crippen LogP contribution in [0.15, 0.2) is 82.9 Å². The number of nitrogens with zero attached hydrogens (tertiary/aromatic N) is 5. The van der Waals surface area contributed by atoms with E-state index in [2.05, 4.69) is 44.6 Å². The van der Waals surface area contributed by atoms with Crippen molar-refractivity contribution in [1.82, 2.24) is 24.8 Å². The minimum atomic E-state index is -3.62. The van der Waals surface area contributed by atoms with Gasteiger partial charge in [0.25, 0.3) is 5.56 Å². The standard InChI is InChI=1S/C36H39N7O3S/c1-24-7-3-6-10-30(24)31-20-27-21-39-36(40-28-11-12-32(25(2)19-28)42-17-15-37-16-18-42)41-34(27)43(35(31)44)23-26-13-14-38-22-33(26)47(45,46)29-8-4-5-9-29/h3,6-7,10-14,19-22,29,37H,4-5,8-9,15-18,23H2,1-2H3,(H,39,40,41). The number of aromatic nitrogens is 4. The highest BCUT2D eigenvalue weighted by molar-refractivity contribution is 7.92. The SMILES string of the molecule is Cc1ccccc1-c1cc2cnc(Nc3ccc(N4CCNCC4)c(C)c3)nc2n(Cc2ccncc2S(=O)(=O)C2CCCC2)c1=O. The lowest BCUT2D eigenvalue weighted by atomic mass is 10.0. The van der Waals surface area contributed by atoms with Crippen molar-refractivity contribution in [3.8, 4) is 11.1 Å². The number of nitrogens with one attached hydrogen (secondary N) is 2. The Bertz CT molecular complexity index is 2120. The molecular weight excluding hydrogens is 611 g/mol. The van der Waals surface area contributed by atoms with E-state index in [1.54, 1.807) is 23.0 Å². The van der Waals surface area contributed by atoms with Gasteiger partial charge in [-0.1, -0.05) is 37.1 Å². The summed E-state index contributed by atoms with van der Waals surface area (Å²) in [6.45, 7) is 7.94. The van der Waals surface area contributed by atoms with Crippen molar-refractivity contribution in [3.05, 3.63) is 100 Å². The van der Waals surface area contributed by atoms with E-state index in [9.17, 15) is 13.2 Å². The van der Waals surface area contributed by atoms with E-state index in [-0.39, 0.29) is 17.0 Å². The molecule has 3 aromatic heterocycles. The molecule has 0 unspecified atom stereocenters. The molecule has 2 N–H and O–H groups in total. The Kier molecular flexibility index (Phi) is 8.50. The van der Waals surface area contributed by atoms with Gasteiger partial charge in [-0.25, -0.2) is 13.4 Å². The van der Waals surface area contributed by atoms with Gasteiger partial charge in [0, 0.05) is 67.1 Å². The molecule has 1 aliphatic carbocycles. The maximum absolute atomic E-state index is 14.4. The van der Waals surface area contributed by atoms with E-state index in [0.29, 0.717) is 41.0 Å². The van der Waals surface area contributed by atoms with Gasteiger partial charge in [0.15, 0.2) is 9.84 Å². The van der Waals surface area contributed by atoms with Gasteiger partial charge < -0.3 is 15.5 Å². The van der Waals surface area contributed by atoms with Crippen molar-refractivity contribution in [2.45, 2.75) is 56.2 Å². The first-order valence-corrected chi connectivity index (χ1v) is 17.8. The number of pyridine rings is 2. The maximum Gasteiger partial charge on any atom is 0.260 e. The van der Waals surface area contributed by atoms with Crippen LogP contribution in [0.5, 0.6) is 0 Å². The highest BCUT2D eigenvalue weighted by atomic mass is 32.2. The molecule has 5 aromatic rings. The summed E-state index contributed by atoms with van der Waals surface area (Å²) in [7, 11) is -3.62. The summed E-state index contributed by atoms with van der Waals surface area (Å²) in [4.78, 5) is 30.6. The van der Waals surface area contributed by atoms with Crippen LogP contribution >= 0.6 is 0 Å². The maximum atomic E-state index is 14.4. The summed E-state index contributed by atoms with van der Waals surface area (Å²) in [5.74, 6) is 0.345. The number of anilines is 3. The Morgan fingerprint density at radius 3 is 2.49 bits per heavy atom. The summed E-state index contributed by atoms with van der Waals surface area (Å²) in [6.07, 6.45) is 7.79. The molecule has 47 heavy (non-hydrogen) atoms. The van der Waals surface area contributed by atoms with Gasteiger partial charge in [-0.15, -0.1) is 0 Å². The number of piperazine rings is 1. The molecule has 4 heterocycles. The highest BCUT2D eigenvalue weighted by Gasteiger charge is 2.32. The first-order chi connectivity index (χ1) is 22.8. The normalized spacial score (nSPS) is 15.7. The number of rotatable bonds is 8. The van der Waals surface area contributed by atoms with Crippen LogP contribution in [0.1, 0.15) is 42.4 Å². The molecule has 10 nitrogen and oxygen atoms in total. The first-order valence-electron chi connectivity index (χ1n) is 16.3. The second-order valence-electron chi connectivity index (χ2n) is 12.5. The molecule has 7 rings (SSSR count). The van der Waals surface area contributed by atoms with Crippen LogP contribution in [0.3, 0.4) is 0 Å². The number of aryl methyl sites for hydroxylation is 2. The Morgan fingerprint density at radius 1 is 0.936 bits per heavy atom. The van der Waals surface area contributed by atoms with Crippen molar-refractivity contribution >= 4 is 38.2 Å². The minimum absolute atomic E-state index is 0.0216. The molecule has 0 atom stereocenters. The number of fused-ring (bicyclic) bond motifs is 1. The largest absolute Gasteiger partial charge is 0.369 e. The lowest BCUT2D eigenvalue weighted by Gasteiger charge is -2.30. The van der Waals surface area contributed by atoms with Crippen molar-refractivity contribution in [2.24, 2.45) is 0 Å². The van der Waals surface area contributed by atoms with Crippen LogP contribution in [-0.4, -0.2) is 59.4 Å². The van der Waals surface area contributed by atoms with Crippen molar-refractivity contribution in [2.75, 3.05) is 36.4 Å². The number of hydrogen-bond donors (Lipinski definition) is 2. The Morgan fingerprint density at radius 2 is 1.72 bits per heavy atom. The molecule has 0 radical (unpaired) electrons. The predicted molar refractivity (Wildman–Crippen MR) is 186 cm³/mol. The Labute approximate surface area is 274 Å². The van der Waals surface area contributed by atoms with Crippen LogP contribution < -0.4 is 21.1 Å². The average Bonchev–Trinajstić information content (AvgIpc) is 3.64. The van der Waals surface area contributed by atoms with E-state index in [4.69, 9.17) is 4.98 Å². The Balaban J connectivity index is 1.31. The van der Waals surface area contributed by atoms with Gasteiger partial charge in [-0.05, 0) is 79.3 Å². The van der Waals surface area contributed by atoms with Crippen molar-refractivity contribution < 1.29 is 8.42 Å². The predicted octanol–water partition coefficient (Wildman–Crippen LogP) is 5.39. The number of benzene rings is 2. The zero-order valence-electron chi connectivity index (χ0n) is 26.7. The van der Waals surface area contributed by atoms with Crippen LogP contribution in [0, 0.1) is 13.8 Å². The molecule has 1 aliphatic heterocycles. The molecule has 2 aliphatic rings. The molecular formula is C36H39N7O3S. The molecule has 242 valence electrons. The average molecular weight is 650 g/mol. The summed E-state index contributed by atoms with van der Waals surface area (Å²) >= 11 is 0. The second kappa shape index (κ2) is 12.9. The molecule has 1 saturated heterocycles. The quantitative estimate of drug-likeness (QED) is 0.228. The molecule has 1 saturated carbocycles. The molecule has 2 aromatic carbocycles. The zero-order chi connectivity index (χ0) is 32.5. The third-order valence-corrected chi connectivity index (χ3v) is 11.7. The van der Waals surface area contributed by atoms with Crippen LogP contribution in [0.25, 0.3) is 22.2 Å². The Hall–Kier alpha value is -4.61. The second-order valence-corrected chi connectivity index (χ2v) is 14.7. The summed E-state index contributed by atoms with van der Waals surface area (Å²) < 4.78 is 29.1. The molecule has 2 fully saturated rings. The van der Waals surface area contributed by atoms with Crippen LogP contribution in [0.4, 0.5) is 17.3 Å². The molecule has 11 heteroatoms. The van der Waals surface area contributed by atoms with Crippen LogP contribution in [-0.2, 0) is 16.4 Å². The smallest absolute Gasteiger partial charge is 0.260 e. The highest BCUT2D eigenvalue weighted by Crippen LogP contribution is 2.32. The molecule has 0 amide bonds. The summed E-state index contributed by atoms with van der Waals surface area (Å²) in [5.41, 5.74) is 6.14. The van der Waals surface area contributed by atoms with Gasteiger partial charge in [0.05, 0.1) is 16.7 Å². The third-order valence-electron chi connectivity index (χ3n) is 9.42. The van der Waals surface area contributed by atoms with Gasteiger partial charge in [-0.3, -0.25) is 14.3 Å². The van der Waals surface area contributed by atoms with E-state index in [1.807, 2.05) is 43.3 Å². The number of sulfone groups is 1. The monoisotopic (exact) mass is 649 g/mol. The topological polar surface area (TPSA) is 122 Å². The fourth-order valence-electron chi connectivity index (χ4n) is 6.90. The van der Waals surface area contributed by atoms with E-state index >= 15 is 0 Å². The molecule has 0 bridgehead atoms. The minimum Gasteiger partial charge on any atom is -0.369 e. The lowest BCUT2D eigenvalue weighted by Crippen LogP contribution is -2.43. The van der Waals surface area contributed by atoms with E-state index in [0.717, 1.165) is 61.4 Å².